The Morgan fingerprint density at radius 1 is 0.479 bits per heavy atom. The second-order valence-corrected chi connectivity index (χ2v) is 11.9. The minimum Gasteiger partial charge on any atom is -0.462 e. The Morgan fingerprint density at radius 2 is 0.833 bits per heavy atom. The van der Waals surface area contributed by atoms with Crippen LogP contribution < -0.4 is 0 Å². The van der Waals surface area contributed by atoms with Crippen LogP contribution in [0, 0.1) is 0 Å². The van der Waals surface area contributed by atoms with Gasteiger partial charge in [0.15, 0.2) is 6.10 Å². The minimum atomic E-state index is -0.799. The van der Waals surface area contributed by atoms with E-state index in [4.69, 9.17) is 9.47 Å². The lowest BCUT2D eigenvalue weighted by Crippen LogP contribution is -2.28. The topological polar surface area (TPSA) is 72.8 Å². The summed E-state index contributed by atoms with van der Waals surface area (Å²) in [5.41, 5.74) is 0. The molecule has 5 heteroatoms. The molecule has 0 saturated carbocycles. The second-order valence-electron chi connectivity index (χ2n) is 11.9. The van der Waals surface area contributed by atoms with Crippen molar-refractivity contribution in [1.29, 1.82) is 0 Å². The largest absolute Gasteiger partial charge is 0.462 e. The minimum absolute atomic E-state index is 0.0959. The lowest BCUT2D eigenvalue weighted by Gasteiger charge is -2.15. The van der Waals surface area contributed by atoms with Gasteiger partial charge in [-0.2, -0.15) is 0 Å². The van der Waals surface area contributed by atoms with Crippen LogP contribution in [0.15, 0.2) is 97.2 Å². The summed E-state index contributed by atoms with van der Waals surface area (Å²) in [6.07, 6.45) is 53.2. The number of aliphatic hydroxyl groups excluding tert-OH is 1. The van der Waals surface area contributed by atoms with Crippen LogP contribution in [0.4, 0.5) is 0 Å². The van der Waals surface area contributed by atoms with E-state index in [1.807, 2.05) is 0 Å². The van der Waals surface area contributed by atoms with Gasteiger partial charge in [-0.1, -0.05) is 137 Å². The first-order valence-electron chi connectivity index (χ1n) is 18.8. The number of unbranched alkanes of at least 4 members (excludes halogenated alkanes) is 8. The summed E-state index contributed by atoms with van der Waals surface area (Å²) in [6, 6.07) is 0. The van der Waals surface area contributed by atoms with E-state index in [0.29, 0.717) is 12.8 Å². The Morgan fingerprint density at radius 3 is 1.27 bits per heavy atom. The first-order chi connectivity index (χ1) is 23.6. The van der Waals surface area contributed by atoms with Crippen molar-refractivity contribution in [3.63, 3.8) is 0 Å². The Bertz CT molecular complexity index is 979. The molecule has 1 unspecified atom stereocenters. The van der Waals surface area contributed by atoms with Gasteiger partial charge in [-0.05, 0) is 89.9 Å². The number of carbonyl (C=O) groups excluding carboxylic acids is 2. The Balaban J connectivity index is 3.70. The molecule has 0 fully saturated rings. The number of allylic oxidation sites excluding steroid dienone is 16. The third-order valence-electron chi connectivity index (χ3n) is 7.37. The molecule has 1 N–H and O–H groups in total. The molecule has 0 aromatic heterocycles. The molecule has 0 radical (unpaired) electrons. The molecule has 0 bridgehead atoms. The maximum atomic E-state index is 12.2. The van der Waals surface area contributed by atoms with Crippen LogP contribution >= 0.6 is 0 Å². The number of hydrogen-bond donors (Lipinski definition) is 1. The molecule has 0 aliphatic carbocycles. The van der Waals surface area contributed by atoms with Gasteiger partial charge < -0.3 is 14.6 Å². The van der Waals surface area contributed by atoms with Crippen molar-refractivity contribution >= 4 is 11.9 Å². The van der Waals surface area contributed by atoms with Gasteiger partial charge in [0.25, 0.3) is 0 Å². The molecule has 5 nitrogen and oxygen atoms in total. The lowest BCUT2D eigenvalue weighted by molar-refractivity contribution is -0.161. The molecule has 0 aliphatic rings. The standard InChI is InChI=1S/C43H68O5/c1-3-5-7-9-11-13-15-17-18-19-20-21-22-23-24-26-28-30-32-34-36-38-43(46)48-41(39-44)40-47-42(45)37-35-33-31-29-27-25-16-14-12-10-8-6-4-2/h5-8,11-14,17-18,20-21,23-25,27,41,44H,3-4,9-10,15-16,19,22,26,28-40H2,1-2H3/b7-5-,8-6-,13-11-,14-12-,18-17-,21-20-,24-23-,27-25-. The van der Waals surface area contributed by atoms with Crippen LogP contribution in [-0.2, 0) is 19.1 Å². The maximum absolute atomic E-state index is 12.2. The third-order valence-corrected chi connectivity index (χ3v) is 7.37. The van der Waals surface area contributed by atoms with E-state index in [1.165, 1.54) is 0 Å². The van der Waals surface area contributed by atoms with E-state index in [1.54, 1.807) is 0 Å². The zero-order valence-electron chi connectivity index (χ0n) is 30.5. The highest BCUT2D eigenvalue weighted by Gasteiger charge is 2.16. The Hall–Kier alpha value is -3.18. The highest BCUT2D eigenvalue weighted by molar-refractivity contribution is 5.70. The van der Waals surface area contributed by atoms with E-state index in [9.17, 15) is 14.7 Å². The molecule has 0 aromatic rings. The fourth-order valence-electron chi connectivity index (χ4n) is 4.59. The molecule has 1 atom stereocenters. The van der Waals surface area contributed by atoms with Gasteiger partial charge >= 0.3 is 11.9 Å². The van der Waals surface area contributed by atoms with E-state index in [-0.39, 0.29) is 25.2 Å². The fraction of sp³-hybridized carbons (Fsp3) is 0.581. The average Bonchev–Trinajstić information content (AvgIpc) is 3.09. The first kappa shape index (κ1) is 44.8. The first-order valence-corrected chi connectivity index (χ1v) is 18.8. The number of esters is 2. The zero-order valence-corrected chi connectivity index (χ0v) is 30.5. The van der Waals surface area contributed by atoms with Gasteiger partial charge in [0.2, 0.25) is 0 Å². The van der Waals surface area contributed by atoms with Crippen LogP contribution in [0.3, 0.4) is 0 Å². The van der Waals surface area contributed by atoms with Gasteiger partial charge in [-0.15, -0.1) is 0 Å². The molecule has 0 aromatic carbocycles. The van der Waals surface area contributed by atoms with E-state index in [0.717, 1.165) is 116 Å². The number of rotatable bonds is 32. The summed E-state index contributed by atoms with van der Waals surface area (Å²) in [7, 11) is 0. The molecule has 48 heavy (non-hydrogen) atoms. The molecular weight excluding hydrogens is 596 g/mol. The predicted octanol–water partition coefficient (Wildman–Crippen LogP) is 11.7. The van der Waals surface area contributed by atoms with Gasteiger partial charge in [0.1, 0.15) is 6.61 Å². The summed E-state index contributed by atoms with van der Waals surface area (Å²) in [6.45, 7) is 3.84. The number of hydrogen-bond acceptors (Lipinski definition) is 5. The zero-order chi connectivity index (χ0) is 35.0. The second kappa shape index (κ2) is 38.3. The van der Waals surface area contributed by atoms with Crippen molar-refractivity contribution < 1.29 is 24.2 Å². The summed E-state index contributed by atoms with van der Waals surface area (Å²) < 4.78 is 10.5. The Labute approximate surface area is 294 Å². The SMILES string of the molecule is CC/C=C\C/C=C\C/C=C\C/C=C\C/C=C\CCCCCCCC(=O)OC(CO)COC(=O)CCCCC/C=C\C/C=C\C/C=C\CC. The number of carbonyl (C=O) groups is 2. The lowest BCUT2D eigenvalue weighted by atomic mass is 10.1. The van der Waals surface area contributed by atoms with Gasteiger partial charge in [0, 0.05) is 12.8 Å². The number of ether oxygens (including phenoxy) is 2. The van der Waals surface area contributed by atoms with E-state index < -0.39 is 6.10 Å². The molecule has 0 aliphatic heterocycles. The third kappa shape index (κ3) is 35.7. The van der Waals surface area contributed by atoms with E-state index >= 15 is 0 Å². The highest BCUT2D eigenvalue weighted by Crippen LogP contribution is 2.10. The molecule has 0 heterocycles. The van der Waals surface area contributed by atoms with Crippen molar-refractivity contribution in [2.45, 2.75) is 148 Å². The van der Waals surface area contributed by atoms with Crippen molar-refractivity contribution in [3.05, 3.63) is 97.2 Å². The summed E-state index contributed by atoms with van der Waals surface area (Å²) in [5.74, 6) is -0.660. The summed E-state index contributed by atoms with van der Waals surface area (Å²) in [5, 5.41) is 9.54. The summed E-state index contributed by atoms with van der Waals surface area (Å²) >= 11 is 0. The Kier molecular flexibility index (Phi) is 35.7. The summed E-state index contributed by atoms with van der Waals surface area (Å²) in [4.78, 5) is 24.2. The van der Waals surface area contributed by atoms with Crippen molar-refractivity contribution in [2.75, 3.05) is 13.2 Å². The molecule has 270 valence electrons. The quantitative estimate of drug-likeness (QED) is 0.0440. The van der Waals surface area contributed by atoms with Crippen LogP contribution in [0.25, 0.3) is 0 Å². The highest BCUT2D eigenvalue weighted by atomic mass is 16.6. The van der Waals surface area contributed by atoms with Crippen molar-refractivity contribution in [2.24, 2.45) is 0 Å². The van der Waals surface area contributed by atoms with Crippen LogP contribution in [0.5, 0.6) is 0 Å². The average molecular weight is 665 g/mol. The van der Waals surface area contributed by atoms with Gasteiger partial charge in [-0.25, -0.2) is 0 Å². The monoisotopic (exact) mass is 665 g/mol. The molecular formula is C43H68O5. The predicted molar refractivity (Wildman–Crippen MR) is 205 cm³/mol. The van der Waals surface area contributed by atoms with Crippen molar-refractivity contribution in [3.8, 4) is 0 Å². The van der Waals surface area contributed by atoms with Crippen LogP contribution in [-0.4, -0.2) is 36.4 Å². The smallest absolute Gasteiger partial charge is 0.306 e. The molecule has 0 amide bonds. The van der Waals surface area contributed by atoms with Gasteiger partial charge in [0.05, 0.1) is 6.61 Å². The van der Waals surface area contributed by atoms with Crippen LogP contribution in [0.1, 0.15) is 142 Å². The molecule has 0 rings (SSSR count). The van der Waals surface area contributed by atoms with Gasteiger partial charge in [-0.3, -0.25) is 9.59 Å². The molecule has 0 spiro atoms. The maximum Gasteiger partial charge on any atom is 0.306 e. The fourth-order valence-corrected chi connectivity index (χ4v) is 4.59. The normalized spacial score (nSPS) is 13.3. The van der Waals surface area contributed by atoms with Crippen LogP contribution in [0.2, 0.25) is 0 Å². The van der Waals surface area contributed by atoms with E-state index in [2.05, 4.69) is 111 Å². The molecule has 0 saturated heterocycles. The number of aliphatic hydroxyl groups is 1. The van der Waals surface area contributed by atoms with Crippen molar-refractivity contribution in [1.82, 2.24) is 0 Å².